The molecule has 0 saturated carbocycles. The summed E-state index contributed by atoms with van der Waals surface area (Å²) in [7, 11) is 0. The van der Waals surface area contributed by atoms with Gasteiger partial charge in [0.2, 0.25) is 0 Å². The Morgan fingerprint density at radius 3 is 2.95 bits per heavy atom. The van der Waals surface area contributed by atoms with Gasteiger partial charge in [0.05, 0.1) is 5.02 Å². The van der Waals surface area contributed by atoms with Crippen molar-refractivity contribution < 1.29 is 4.79 Å². The number of nitrogens with zero attached hydrogens (tertiary/aromatic N) is 3. The molecule has 2 aromatic rings. The molecule has 4 rings (SSSR count). The molecule has 2 atom stereocenters. The van der Waals surface area contributed by atoms with Gasteiger partial charge in [0, 0.05) is 25.5 Å². The molecule has 2 aliphatic rings. The van der Waals surface area contributed by atoms with Gasteiger partial charge in [-0.25, -0.2) is 4.98 Å². The van der Waals surface area contributed by atoms with Gasteiger partial charge in [0.1, 0.15) is 11.3 Å². The zero-order valence-corrected chi connectivity index (χ0v) is 13.3. The van der Waals surface area contributed by atoms with E-state index in [1.807, 2.05) is 15.4 Å². The lowest BCUT2D eigenvalue weighted by atomic mass is 9.83. The van der Waals surface area contributed by atoms with E-state index in [0.717, 1.165) is 31.6 Å². The van der Waals surface area contributed by atoms with Crippen LogP contribution in [-0.2, 0) is 0 Å². The Bertz CT molecular complexity index is 779. The SMILES string of the molecule is CC1=CC[C@H]2CN(C(=O)c3cn4cc(Cl)ccc4n3)C[C@H]2C1. The average molecular weight is 316 g/mol. The van der Waals surface area contributed by atoms with E-state index in [4.69, 9.17) is 11.6 Å². The van der Waals surface area contributed by atoms with Crippen molar-refractivity contribution in [2.45, 2.75) is 19.8 Å². The van der Waals surface area contributed by atoms with E-state index in [2.05, 4.69) is 18.0 Å². The van der Waals surface area contributed by atoms with Gasteiger partial charge in [-0.15, -0.1) is 0 Å². The van der Waals surface area contributed by atoms with E-state index in [1.54, 1.807) is 18.5 Å². The molecule has 1 saturated heterocycles. The topological polar surface area (TPSA) is 37.6 Å². The second-order valence-corrected chi connectivity index (χ2v) is 6.90. The highest BCUT2D eigenvalue weighted by Gasteiger charge is 2.37. The minimum Gasteiger partial charge on any atom is -0.337 e. The number of carbonyl (C=O) groups is 1. The summed E-state index contributed by atoms with van der Waals surface area (Å²) in [6.45, 7) is 3.89. The normalized spacial score (nSPS) is 24.5. The predicted molar refractivity (Wildman–Crippen MR) is 86.1 cm³/mol. The molecule has 5 heteroatoms. The molecule has 22 heavy (non-hydrogen) atoms. The van der Waals surface area contributed by atoms with Gasteiger partial charge in [-0.05, 0) is 43.7 Å². The molecule has 3 heterocycles. The van der Waals surface area contributed by atoms with Crippen LogP contribution < -0.4 is 0 Å². The number of amides is 1. The maximum Gasteiger partial charge on any atom is 0.274 e. The summed E-state index contributed by atoms with van der Waals surface area (Å²) >= 11 is 5.98. The number of pyridine rings is 1. The fourth-order valence-corrected chi connectivity index (χ4v) is 3.85. The number of aromatic nitrogens is 2. The molecule has 2 aromatic heterocycles. The van der Waals surface area contributed by atoms with Crippen molar-refractivity contribution in [1.29, 1.82) is 0 Å². The Labute approximate surface area is 134 Å². The number of hydrogen-bond acceptors (Lipinski definition) is 2. The van der Waals surface area contributed by atoms with Crippen molar-refractivity contribution in [3.05, 3.63) is 46.9 Å². The van der Waals surface area contributed by atoms with Gasteiger partial charge in [-0.1, -0.05) is 23.3 Å². The smallest absolute Gasteiger partial charge is 0.274 e. The minimum atomic E-state index is 0.0341. The Hall–Kier alpha value is -1.81. The number of fused-ring (bicyclic) bond motifs is 2. The molecule has 1 amide bonds. The Morgan fingerprint density at radius 1 is 1.27 bits per heavy atom. The van der Waals surface area contributed by atoms with Crippen molar-refractivity contribution in [3.63, 3.8) is 0 Å². The first-order chi connectivity index (χ1) is 10.6. The summed E-state index contributed by atoms with van der Waals surface area (Å²) in [6, 6.07) is 3.62. The first kappa shape index (κ1) is 13.8. The maximum absolute atomic E-state index is 12.7. The largest absolute Gasteiger partial charge is 0.337 e. The first-order valence-corrected chi connectivity index (χ1v) is 8.07. The van der Waals surface area contributed by atoms with Gasteiger partial charge < -0.3 is 9.30 Å². The standard InChI is InChI=1S/C17H18ClN3O/c1-11-2-3-12-7-21(8-13(12)6-11)17(22)15-10-20-9-14(18)4-5-16(20)19-15/h2,4-5,9-10,12-13H,3,6-8H2,1H3/t12-,13+/m0/s1. The minimum absolute atomic E-state index is 0.0341. The number of imidazole rings is 1. The summed E-state index contributed by atoms with van der Waals surface area (Å²) in [5.41, 5.74) is 2.71. The van der Waals surface area contributed by atoms with Crippen molar-refractivity contribution in [2.75, 3.05) is 13.1 Å². The van der Waals surface area contributed by atoms with Crippen LogP contribution in [0.2, 0.25) is 5.02 Å². The van der Waals surface area contributed by atoms with Gasteiger partial charge in [-0.3, -0.25) is 4.79 Å². The fourth-order valence-electron chi connectivity index (χ4n) is 3.68. The predicted octanol–water partition coefficient (Wildman–Crippen LogP) is 3.42. The van der Waals surface area contributed by atoms with Gasteiger partial charge >= 0.3 is 0 Å². The van der Waals surface area contributed by atoms with E-state index < -0.39 is 0 Å². The van der Waals surface area contributed by atoms with Crippen molar-refractivity contribution in [1.82, 2.24) is 14.3 Å². The van der Waals surface area contributed by atoms with Crippen LogP contribution in [0.5, 0.6) is 0 Å². The number of halogens is 1. The van der Waals surface area contributed by atoms with Gasteiger partial charge in [0.25, 0.3) is 5.91 Å². The summed E-state index contributed by atoms with van der Waals surface area (Å²) < 4.78 is 1.81. The molecule has 0 N–H and O–H groups in total. The number of hydrogen-bond donors (Lipinski definition) is 0. The Balaban J connectivity index is 1.56. The molecular weight excluding hydrogens is 298 g/mol. The van der Waals surface area contributed by atoms with Gasteiger partial charge in [-0.2, -0.15) is 0 Å². The van der Waals surface area contributed by atoms with E-state index in [9.17, 15) is 4.79 Å². The zero-order valence-electron chi connectivity index (χ0n) is 12.5. The molecule has 0 aromatic carbocycles. The summed E-state index contributed by atoms with van der Waals surface area (Å²) in [6.07, 6.45) is 8.09. The average Bonchev–Trinajstić information content (AvgIpc) is 3.08. The molecule has 114 valence electrons. The van der Waals surface area contributed by atoms with Crippen LogP contribution in [0, 0.1) is 11.8 Å². The second-order valence-electron chi connectivity index (χ2n) is 6.46. The van der Waals surface area contributed by atoms with E-state index in [1.165, 1.54) is 5.57 Å². The van der Waals surface area contributed by atoms with Crippen LogP contribution in [0.15, 0.2) is 36.2 Å². The monoisotopic (exact) mass is 315 g/mol. The summed E-state index contributed by atoms with van der Waals surface area (Å²) in [5.74, 6) is 1.26. The lowest BCUT2D eigenvalue weighted by Crippen LogP contribution is -2.29. The molecule has 0 spiro atoms. The van der Waals surface area contributed by atoms with Crippen LogP contribution in [0.25, 0.3) is 5.65 Å². The molecule has 1 fully saturated rings. The lowest BCUT2D eigenvalue weighted by Gasteiger charge is -2.21. The highest BCUT2D eigenvalue weighted by molar-refractivity contribution is 6.30. The van der Waals surface area contributed by atoms with Crippen molar-refractivity contribution in [3.8, 4) is 0 Å². The van der Waals surface area contributed by atoms with Crippen LogP contribution in [-0.4, -0.2) is 33.3 Å². The van der Waals surface area contributed by atoms with Crippen LogP contribution in [0.1, 0.15) is 30.3 Å². The van der Waals surface area contributed by atoms with E-state index in [-0.39, 0.29) is 5.91 Å². The lowest BCUT2D eigenvalue weighted by molar-refractivity contribution is 0.0779. The van der Waals surface area contributed by atoms with Crippen LogP contribution >= 0.6 is 11.6 Å². The van der Waals surface area contributed by atoms with Crippen LogP contribution in [0.3, 0.4) is 0 Å². The molecule has 1 aliphatic heterocycles. The third-order valence-corrected chi connectivity index (χ3v) is 5.07. The van der Waals surface area contributed by atoms with E-state index in [0.29, 0.717) is 22.6 Å². The number of allylic oxidation sites excluding steroid dienone is 2. The quantitative estimate of drug-likeness (QED) is 0.756. The van der Waals surface area contributed by atoms with Gasteiger partial charge in [0.15, 0.2) is 0 Å². The van der Waals surface area contributed by atoms with Crippen LogP contribution in [0.4, 0.5) is 0 Å². The first-order valence-electron chi connectivity index (χ1n) is 7.69. The van der Waals surface area contributed by atoms with E-state index >= 15 is 0 Å². The third kappa shape index (κ3) is 2.31. The highest BCUT2D eigenvalue weighted by atomic mass is 35.5. The Kier molecular flexibility index (Phi) is 3.22. The number of rotatable bonds is 1. The highest BCUT2D eigenvalue weighted by Crippen LogP contribution is 2.36. The molecule has 0 unspecified atom stereocenters. The number of carbonyl (C=O) groups excluding carboxylic acids is 1. The molecule has 1 aliphatic carbocycles. The van der Waals surface area contributed by atoms with Crippen molar-refractivity contribution in [2.24, 2.45) is 11.8 Å². The van der Waals surface area contributed by atoms with Crippen molar-refractivity contribution >= 4 is 23.2 Å². The zero-order chi connectivity index (χ0) is 15.3. The summed E-state index contributed by atoms with van der Waals surface area (Å²) in [5, 5.41) is 0.637. The second kappa shape index (κ2) is 5.13. The fraction of sp³-hybridized carbons (Fsp3) is 0.412. The maximum atomic E-state index is 12.7. The molecule has 0 radical (unpaired) electrons. The third-order valence-electron chi connectivity index (χ3n) is 4.85. The number of likely N-dealkylation sites (tertiary alicyclic amines) is 1. The summed E-state index contributed by atoms with van der Waals surface area (Å²) in [4.78, 5) is 19.1. The molecular formula is C17H18ClN3O. The molecule has 4 nitrogen and oxygen atoms in total. The Morgan fingerprint density at radius 2 is 2.09 bits per heavy atom. The molecule has 0 bridgehead atoms.